The van der Waals surface area contributed by atoms with Crippen LogP contribution in [0.4, 0.5) is 8.78 Å². The van der Waals surface area contributed by atoms with E-state index < -0.39 is 21.7 Å². The zero-order valence-electron chi connectivity index (χ0n) is 12.2. The first-order chi connectivity index (χ1) is 9.94. The summed E-state index contributed by atoms with van der Waals surface area (Å²) >= 11 is 0. The van der Waals surface area contributed by atoms with Crippen LogP contribution in [0.1, 0.15) is 31.7 Å². The molecule has 1 aromatic carbocycles. The van der Waals surface area contributed by atoms with Crippen LogP contribution in [0.25, 0.3) is 0 Å². The molecule has 6 heteroatoms. The highest BCUT2D eigenvalue weighted by Crippen LogP contribution is 2.25. The van der Waals surface area contributed by atoms with Crippen molar-refractivity contribution in [3.8, 4) is 0 Å². The van der Waals surface area contributed by atoms with E-state index in [4.69, 9.17) is 0 Å². The Morgan fingerprint density at radius 3 is 2.57 bits per heavy atom. The van der Waals surface area contributed by atoms with Crippen molar-refractivity contribution in [2.24, 2.45) is 5.92 Å². The lowest BCUT2D eigenvalue weighted by Crippen LogP contribution is -2.40. The molecule has 0 bridgehead atoms. The Labute approximate surface area is 125 Å². The van der Waals surface area contributed by atoms with Gasteiger partial charge in [-0.05, 0) is 50.7 Å². The Hall–Kier alpha value is -1.01. The van der Waals surface area contributed by atoms with Gasteiger partial charge in [0.2, 0.25) is 10.0 Å². The van der Waals surface area contributed by atoms with Gasteiger partial charge in [-0.25, -0.2) is 21.5 Å². The Bertz CT molecular complexity index is 569. The van der Waals surface area contributed by atoms with Gasteiger partial charge in [0.1, 0.15) is 11.6 Å². The Balaban J connectivity index is 1.98. The second-order valence-electron chi connectivity index (χ2n) is 5.51. The predicted molar refractivity (Wildman–Crippen MR) is 78.4 cm³/mol. The molecule has 118 valence electrons. The fourth-order valence-corrected chi connectivity index (χ4v) is 4.03. The fraction of sp³-hybridized carbons (Fsp3) is 0.600. The molecule has 3 nitrogen and oxygen atoms in total. The Morgan fingerprint density at radius 2 is 1.95 bits per heavy atom. The van der Waals surface area contributed by atoms with Crippen molar-refractivity contribution in [2.75, 3.05) is 18.8 Å². The molecule has 0 amide bonds. The summed E-state index contributed by atoms with van der Waals surface area (Å²) in [5, 5.41) is 0. The van der Waals surface area contributed by atoms with Crippen LogP contribution in [0.2, 0.25) is 0 Å². The van der Waals surface area contributed by atoms with Crippen LogP contribution < -0.4 is 0 Å². The van der Waals surface area contributed by atoms with Gasteiger partial charge >= 0.3 is 0 Å². The fourth-order valence-electron chi connectivity index (χ4n) is 2.82. The number of benzene rings is 1. The van der Waals surface area contributed by atoms with Crippen molar-refractivity contribution >= 4 is 10.0 Å². The van der Waals surface area contributed by atoms with E-state index in [-0.39, 0.29) is 17.2 Å². The number of rotatable bonds is 5. The first-order valence-electron chi connectivity index (χ1n) is 7.34. The zero-order chi connectivity index (χ0) is 15.5. The molecule has 0 aliphatic carbocycles. The predicted octanol–water partition coefficient (Wildman–Crippen LogP) is 2.96. The number of piperidine rings is 1. The van der Waals surface area contributed by atoms with Crippen molar-refractivity contribution in [1.82, 2.24) is 4.31 Å². The molecule has 0 N–H and O–H groups in total. The first-order valence-corrected chi connectivity index (χ1v) is 8.95. The smallest absolute Gasteiger partial charge is 0.212 e. The summed E-state index contributed by atoms with van der Waals surface area (Å²) in [5.41, 5.74) is 0.105. The van der Waals surface area contributed by atoms with Crippen molar-refractivity contribution in [3.05, 3.63) is 35.4 Å². The summed E-state index contributed by atoms with van der Waals surface area (Å²) in [7, 11) is -3.17. The maximum atomic E-state index is 13.6. The Morgan fingerprint density at radius 1 is 1.29 bits per heavy atom. The van der Waals surface area contributed by atoms with Crippen LogP contribution in [0.15, 0.2) is 18.2 Å². The van der Waals surface area contributed by atoms with E-state index in [0.29, 0.717) is 25.9 Å². The summed E-state index contributed by atoms with van der Waals surface area (Å²) in [4.78, 5) is 0. The SMILES string of the molecule is CCS(=O)(=O)N1CCCC(CCc2c(F)cccc2F)C1. The molecule has 2 rings (SSSR count). The lowest BCUT2D eigenvalue weighted by molar-refractivity contribution is 0.255. The molecule has 1 aromatic rings. The maximum absolute atomic E-state index is 13.6. The van der Waals surface area contributed by atoms with Gasteiger partial charge in [-0.15, -0.1) is 0 Å². The van der Waals surface area contributed by atoms with Crippen molar-refractivity contribution < 1.29 is 17.2 Å². The Kier molecular flexibility index (Phi) is 5.32. The van der Waals surface area contributed by atoms with Gasteiger partial charge in [-0.3, -0.25) is 0 Å². The summed E-state index contributed by atoms with van der Waals surface area (Å²) in [6.07, 6.45) is 2.63. The summed E-state index contributed by atoms with van der Waals surface area (Å²) in [5.74, 6) is -0.784. The van der Waals surface area contributed by atoms with Crippen LogP contribution in [0.5, 0.6) is 0 Å². The minimum atomic E-state index is -3.17. The average molecular weight is 317 g/mol. The largest absolute Gasteiger partial charge is 0.213 e. The van der Waals surface area contributed by atoms with Crippen molar-refractivity contribution in [3.63, 3.8) is 0 Å². The van der Waals surface area contributed by atoms with E-state index in [1.54, 1.807) is 6.92 Å². The minimum absolute atomic E-state index is 0.0989. The average Bonchev–Trinajstić information content (AvgIpc) is 2.47. The number of hydrogen-bond donors (Lipinski definition) is 0. The highest BCUT2D eigenvalue weighted by molar-refractivity contribution is 7.89. The molecule has 1 aliphatic heterocycles. The molecule has 1 heterocycles. The zero-order valence-corrected chi connectivity index (χ0v) is 13.0. The van der Waals surface area contributed by atoms with Crippen LogP contribution in [0, 0.1) is 17.6 Å². The van der Waals surface area contributed by atoms with E-state index in [0.717, 1.165) is 12.8 Å². The third-order valence-corrected chi connectivity index (χ3v) is 5.95. The van der Waals surface area contributed by atoms with Gasteiger partial charge in [0.25, 0.3) is 0 Å². The van der Waals surface area contributed by atoms with Gasteiger partial charge in [-0.2, -0.15) is 0 Å². The second-order valence-corrected chi connectivity index (χ2v) is 7.76. The molecule has 1 atom stereocenters. The molecule has 0 spiro atoms. The number of nitrogens with zero attached hydrogens (tertiary/aromatic N) is 1. The quantitative estimate of drug-likeness (QED) is 0.837. The van der Waals surface area contributed by atoms with Crippen LogP contribution in [-0.4, -0.2) is 31.6 Å². The monoisotopic (exact) mass is 317 g/mol. The van der Waals surface area contributed by atoms with Crippen LogP contribution >= 0.6 is 0 Å². The van der Waals surface area contributed by atoms with Gasteiger partial charge in [0, 0.05) is 18.7 Å². The molecular weight excluding hydrogens is 296 g/mol. The summed E-state index contributed by atoms with van der Waals surface area (Å²) in [6, 6.07) is 3.87. The molecule has 1 saturated heterocycles. The van der Waals surface area contributed by atoms with Crippen molar-refractivity contribution in [2.45, 2.75) is 32.6 Å². The molecule has 1 aliphatic rings. The normalized spacial score (nSPS) is 20.6. The van der Waals surface area contributed by atoms with Gasteiger partial charge in [0.05, 0.1) is 5.75 Å². The summed E-state index contributed by atoms with van der Waals surface area (Å²) < 4.78 is 52.4. The topological polar surface area (TPSA) is 37.4 Å². The molecule has 0 aromatic heterocycles. The lowest BCUT2D eigenvalue weighted by Gasteiger charge is -2.31. The second kappa shape index (κ2) is 6.83. The van der Waals surface area contributed by atoms with E-state index in [1.165, 1.54) is 22.5 Å². The van der Waals surface area contributed by atoms with Gasteiger partial charge < -0.3 is 0 Å². The van der Waals surface area contributed by atoms with Crippen LogP contribution in [0.3, 0.4) is 0 Å². The lowest BCUT2D eigenvalue weighted by atomic mass is 9.92. The molecule has 21 heavy (non-hydrogen) atoms. The van der Waals surface area contributed by atoms with E-state index in [2.05, 4.69) is 0 Å². The third-order valence-electron chi connectivity index (χ3n) is 4.10. The molecule has 0 radical (unpaired) electrons. The summed E-state index contributed by atoms with van der Waals surface area (Å²) in [6.45, 7) is 2.65. The molecule has 0 saturated carbocycles. The van der Waals surface area contributed by atoms with E-state index in [9.17, 15) is 17.2 Å². The number of hydrogen-bond acceptors (Lipinski definition) is 2. The van der Waals surface area contributed by atoms with Crippen LogP contribution in [-0.2, 0) is 16.4 Å². The van der Waals surface area contributed by atoms with Crippen molar-refractivity contribution in [1.29, 1.82) is 0 Å². The maximum Gasteiger partial charge on any atom is 0.213 e. The van der Waals surface area contributed by atoms with E-state index >= 15 is 0 Å². The standard InChI is InChI=1S/C15H21F2NO2S/c1-2-21(19,20)18-10-4-5-12(11-18)8-9-13-14(16)6-3-7-15(13)17/h3,6-7,12H,2,4-5,8-11H2,1H3. The third kappa shape index (κ3) is 4.01. The highest BCUT2D eigenvalue weighted by atomic mass is 32.2. The van der Waals surface area contributed by atoms with E-state index in [1.807, 2.05) is 0 Å². The number of halogens is 2. The first kappa shape index (κ1) is 16.4. The highest BCUT2D eigenvalue weighted by Gasteiger charge is 2.27. The molecule has 1 fully saturated rings. The van der Waals surface area contributed by atoms with Gasteiger partial charge in [-0.1, -0.05) is 6.07 Å². The molecule has 1 unspecified atom stereocenters. The number of sulfonamides is 1. The van der Waals surface area contributed by atoms with Gasteiger partial charge in [0.15, 0.2) is 0 Å². The molecular formula is C15H21F2NO2S. The minimum Gasteiger partial charge on any atom is -0.212 e.